The molecular formula is C13H11ClN2O. The Labute approximate surface area is 104 Å². The largest absolute Gasteiger partial charge is 0.457 e. The number of furan rings is 1. The number of para-hydroxylation sites is 2. The van der Waals surface area contributed by atoms with E-state index in [1.54, 1.807) is 0 Å². The average molecular weight is 247 g/mol. The van der Waals surface area contributed by atoms with E-state index in [0.717, 1.165) is 28.4 Å². The fourth-order valence-corrected chi connectivity index (χ4v) is 2.08. The van der Waals surface area contributed by atoms with Crippen molar-refractivity contribution in [3.63, 3.8) is 0 Å². The number of hydrogen-bond acceptors (Lipinski definition) is 2. The molecule has 0 aliphatic carbocycles. The van der Waals surface area contributed by atoms with Gasteiger partial charge in [0.15, 0.2) is 11.6 Å². The number of rotatable bonds is 2. The third-order valence-corrected chi connectivity index (χ3v) is 3.06. The van der Waals surface area contributed by atoms with Gasteiger partial charge in [0, 0.05) is 7.05 Å². The minimum absolute atomic E-state index is 0.379. The number of aryl methyl sites for hydroxylation is 1. The molecule has 17 heavy (non-hydrogen) atoms. The van der Waals surface area contributed by atoms with E-state index in [-0.39, 0.29) is 0 Å². The van der Waals surface area contributed by atoms with E-state index in [1.165, 1.54) is 0 Å². The first-order valence-electron chi connectivity index (χ1n) is 5.36. The van der Waals surface area contributed by atoms with Crippen LogP contribution < -0.4 is 0 Å². The van der Waals surface area contributed by atoms with Gasteiger partial charge in [0.05, 0.1) is 16.9 Å². The van der Waals surface area contributed by atoms with Crippen molar-refractivity contribution in [2.24, 2.45) is 7.05 Å². The SMILES string of the molecule is Cn1c(-c2ccc(CCl)o2)nc2ccccc21. The molecule has 0 aliphatic heterocycles. The molecule has 0 radical (unpaired) electrons. The molecule has 1 aromatic carbocycles. The molecule has 86 valence electrons. The van der Waals surface area contributed by atoms with Gasteiger partial charge < -0.3 is 8.98 Å². The minimum Gasteiger partial charge on any atom is -0.457 e. The Morgan fingerprint density at radius 1 is 1.24 bits per heavy atom. The van der Waals surface area contributed by atoms with Crippen molar-refractivity contribution in [2.45, 2.75) is 5.88 Å². The van der Waals surface area contributed by atoms with E-state index in [9.17, 15) is 0 Å². The predicted octanol–water partition coefficient (Wildman–Crippen LogP) is 3.57. The van der Waals surface area contributed by atoms with Gasteiger partial charge >= 0.3 is 0 Å². The normalized spacial score (nSPS) is 11.2. The van der Waals surface area contributed by atoms with Crippen LogP contribution >= 0.6 is 11.6 Å². The van der Waals surface area contributed by atoms with Crippen LogP contribution in [0.15, 0.2) is 40.8 Å². The van der Waals surface area contributed by atoms with Crippen molar-refractivity contribution >= 4 is 22.6 Å². The first-order chi connectivity index (χ1) is 8.29. The summed E-state index contributed by atoms with van der Waals surface area (Å²) in [6, 6.07) is 11.8. The highest BCUT2D eigenvalue weighted by Crippen LogP contribution is 2.25. The second-order valence-electron chi connectivity index (χ2n) is 3.88. The van der Waals surface area contributed by atoms with Crippen LogP contribution in [0.1, 0.15) is 5.76 Å². The molecule has 4 heteroatoms. The number of imidazole rings is 1. The molecule has 0 bridgehead atoms. The quantitative estimate of drug-likeness (QED) is 0.647. The number of halogens is 1. The number of fused-ring (bicyclic) bond motifs is 1. The number of hydrogen-bond donors (Lipinski definition) is 0. The highest BCUT2D eigenvalue weighted by molar-refractivity contribution is 6.16. The third-order valence-electron chi connectivity index (χ3n) is 2.80. The average Bonchev–Trinajstić information content (AvgIpc) is 2.95. The molecule has 0 N–H and O–H groups in total. The fourth-order valence-electron chi connectivity index (χ4n) is 1.94. The van der Waals surface area contributed by atoms with Crippen LogP contribution in [0.3, 0.4) is 0 Å². The molecule has 0 amide bonds. The van der Waals surface area contributed by atoms with Crippen molar-refractivity contribution in [3.05, 3.63) is 42.2 Å². The Hall–Kier alpha value is -1.74. The maximum absolute atomic E-state index is 5.73. The molecule has 0 atom stereocenters. The van der Waals surface area contributed by atoms with E-state index in [2.05, 4.69) is 4.98 Å². The van der Waals surface area contributed by atoms with Crippen molar-refractivity contribution < 1.29 is 4.42 Å². The maximum atomic E-state index is 5.73. The summed E-state index contributed by atoms with van der Waals surface area (Å²) in [7, 11) is 1.98. The first-order valence-corrected chi connectivity index (χ1v) is 5.89. The van der Waals surface area contributed by atoms with Crippen LogP contribution in [0.2, 0.25) is 0 Å². The Balaban J connectivity index is 2.20. The van der Waals surface area contributed by atoms with Crippen molar-refractivity contribution in [1.82, 2.24) is 9.55 Å². The zero-order valence-electron chi connectivity index (χ0n) is 9.35. The predicted molar refractivity (Wildman–Crippen MR) is 68.0 cm³/mol. The fraction of sp³-hybridized carbons (Fsp3) is 0.154. The molecule has 3 aromatic rings. The zero-order valence-corrected chi connectivity index (χ0v) is 10.1. The van der Waals surface area contributed by atoms with Gasteiger partial charge in [-0.1, -0.05) is 12.1 Å². The lowest BCUT2D eigenvalue weighted by molar-refractivity contribution is 0.537. The number of alkyl halides is 1. The Bertz CT molecular complexity index is 669. The standard InChI is InChI=1S/C13H11ClN2O/c1-16-11-5-3-2-4-10(11)15-13(16)12-7-6-9(8-14)17-12/h2-7H,8H2,1H3. The van der Waals surface area contributed by atoms with Gasteiger partial charge in [-0.2, -0.15) is 0 Å². The second-order valence-corrected chi connectivity index (χ2v) is 4.15. The van der Waals surface area contributed by atoms with E-state index in [4.69, 9.17) is 16.0 Å². The molecule has 2 heterocycles. The summed E-state index contributed by atoms with van der Waals surface area (Å²) < 4.78 is 7.63. The van der Waals surface area contributed by atoms with Crippen molar-refractivity contribution in [2.75, 3.05) is 0 Å². The molecule has 3 nitrogen and oxygen atoms in total. The van der Waals surface area contributed by atoms with Crippen LogP contribution in [-0.4, -0.2) is 9.55 Å². The molecule has 0 saturated heterocycles. The molecule has 0 aliphatic rings. The van der Waals surface area contributed by atoms with Gasteiger partial charge in [-0.15, -0.1) is 11.6 Å². The van der Waals surface area contributed by atoms with E-state index < -0.39 is 0 Å². The Kier molecular flexibility index (Phi) is 2.41. The molecule has 0 unspecified atom stereocenters. The summed E-state index contributed by atoms with van der Waals surface area (Å²) in [4.78, 5) is 4.56. The lowest BCUT2D eigenvalue weighted by Gasteiger charge is -1.98. The number of benzene rings is 1. The van der Waals surface area contributed by atoms with Gasteiger partial charge in [-0.05, 0) is 24.3 Å². The summed E-state index contributed by atoms with van der Waals surface area (Å²) >= 11 is 5.73. The smallest absolute Gasteiger partial charge is 0.176 e. The number of aromatic nitrogens is 2. The zero-order chi connectivity index (χ0) is 11.8. The number of nitrogens with zero attached hydrogens (tertiary/aromatic N) is 2. The van der Waals surface area contributed by atoms with Crippen LogP contribution in [-0.2, 0) is 12.9 Å². The summed E-state index contributed by atoms with van der Waals surface area (Å²) in [5, 5.41) is 0. The van der Waals surface area contributed by atoms with Gasteiger partial charge in [0.25, 0.3) is 0 Å². The summed E-state index contributed by atoms with van der Waals surface area (Å²) in [6.45, 7) is 0. The lowest BCUT2D eigenvalue weighted by atomic mass is 10.3. The summed E-state index contributed by atoms with van der Waals surface area (Å²) in [6.07, 6.45) is 0. The van der Waals surface area contributed by atoms with Crippen LogP contribution in [0.25, 0.3) is 22.6 Å². The molecular weight excluding hydrogens is 236 g/mol. The third kappa shape index (κ3) is 1.63. The maximum Gasteiger partial charge on any atom is 0.176 e. The van der Waals surface area contributed by atoms with Gasteiger partial charge in [0.2, 0.25) is 0 Å². The van der Waals surface area contributed by atoms with Crippen LogP contribution in [0, 0.1) is 0 Å². The van der Waals surface area contributed by atoms with Gasteiger partial charge in [0.1, 0.15) is 5.76 Å². The molecule has 2 aromatic heterocycles. The summed E-state index contributed by atoms with van der Waals surface area (Å²) in [5.41, 5.74) is 2.06. The van der Waals surface area contributed by atoms with E-state index in [1.807, 2.05) is 48.0 Å². The first kappa shape index (κ1) is 10.4. The van der Waals surface area contributed by atoms with Crippen molar-refractivity contribution in [3.8, 4) is 11.6 Å². The Morgan fingerprint density at radius 3 is 2.76 bits per heavy atom. The van der Waals surface area contributed by atoms with E-state index in [0.29, 0.717) is 5.88 Å². The monoisotopic (exact) mass is 246 g/mol. The topological polar surface area (TPSA) is 31.0 Å². The lowest BCUT2D eigenvalue weighted by Crippen LogP contribution is -1.90. The van der Waals surface area contributed by atoms with Gasteiger partial charge in [-0.3, -0.25) is 0 Å². The van der Waals surface area contributed by atoms with Crippen molar-refractivity contribution in [1.29, 1.82) is 0 Å². The molecule has 0 fully saturated rings. The highest BCUT2D eigenvalue weighted by atomic mass is 35.5. The van der Waals surface area contributed by atoms with Crippen LogP contribution in [0.4, 0.5) is 0 Å². The van der Waals surface area contributed by atoms with Gasteiger partial charge in [-0.25, -0.2) is 4.98 Å². The molecule has 3 rings (SSSR count). The Morgan fingerprint density at radius 2 is 2.06 bits per heavy atom. The van der Waals surface area contributed by atoms with E-state index >= 15 is 0 Å². The highest BCUT2D eigenvalue weighted by Gasteiger charge is 2.12. The minimum atomic E-state index is 0.379. The second kappa shape index (κ2) is 3.93. The summed E-state index contributed by atoms with van der Waals surface area (Å²) in [5.74, 6) is 2.71. The molecule has 0 spiro atoms. The van der Waals surface area contributed by atoms with Crippen LogP contribution in [0.5, 0.6) is 0 Å². The molecule has 0 saturated carbocycles.